The van der Waals surface area contributed by atoms with Gasteiger partial charge in [-0.25, -0.2) is 14.6 Å². The third-order valence-corrected chi connectivity index (χ3v) is 4.41. The Labute approximate surface area is 149 Å². The molecule has 0 saturated heterocycles. The van der Waals surface area contributed by atoms with E-state index in [0.717, 1.165) is 10.6 Å². The number of aryl methyl sites for hydroxylation is 3. The van der Waals surface area contributed by atoms with Gasteiger partial charge >= 0.3 is 11.9 Å². The summed E-state index contributed by atoms with van der Waals surface area (Å²) in [4.78, 5) is 40.1. The second-order valence-electron chi connectivity index (χ2n) is 5.29. The highest BCUT2D eigenvalue weighted by atomic mass is 32.1. The van der Waals surface area contributed by atoms with Crippen molar-refractivity contribution >= 4 is 34.9 Å². The number of hydrogen-bond acceptors (Lipinski definition) is 7. The van der Waals surface area contributed by atoms with Crippen LogP contribution >= 0.6 is 11.3 Å². The molecule has 25 heavy (non-hydrogen) atoms. The normalized spacial score (nSPS) is 10.2. The summed E-state index contributed by atoms with van der Waals surface area (Å²) in [6, 6.07) is 4.81. The molecule has 0 radical (unpaired) electrons. The number of anilines is 1. The van der Waals surface area contributed by atoms with Crippen LogP contribution in [0.25, 0.3) is 0 Å². The van der Waals surface area contributed by atoms with Crippen LogP contribution in [0.3, 0.4) is 0 Å². The molecule has 7 nitrogen and oxygen atoms in total. The number of ether oxygens (including phenoxy) is 2. The van der Waals surface area contributed by atoms with Gasteiger partial charge in [-0.05, 0) is 38.5 Å². The Bertz CT molecular complexity index is 828. The molecule has 1 aromatic heterocycles. The van der Waals surface area contributed by atoms with Crippen molar-refractivity contribution in [2.75, 3.05) is 19.0 Å². The maximum Gasteiger partial charge on any atom is 0.350 e. The molecule has 0 bridgehead atoms. The number of thiazole rings is 1. The van der Waals surface area contributed by atoms with Crippen LogP contribution in [-0.2, 0) is 14.3 Å². The van der Waals surface area contributed by atoms with Gasteiger partial charge in [0.2, 0.25) is 0 Å². The average Bonchev–Trinajstić information content (AvgIpc) is 2.92. The Balaban J connectivity index is 1.99. The van der Waals surface area contributed by atoms with Gasteiger partial charge in [0.1, 0.15) is 4.88 Å². The van der Waals surface area contributed by atoms with E-state index in [4.69, 9.17) is 4.74 Å². The molecule has 2 aromatic rings. The number of benzene rings is 1. The van der Waals surface area contributed by atoms with Crippen LogP contribution in [0.4, 0.5) is 5.69 Å². The summed E-state index contributed by atoms with van der Waals surface area (Å²) < 4.78 is 9.67. The fourth-order valence-electron chi connectivity index (χ4n) is 2.11. The maximum atomic E-state index is 12.0. The van der Waals surface area contributed by atoms with Crippen LogP contribution in [0, 0.1) is 20.8 Å². The molecule has 1 aromatic carbocycles. The molecule has 1 heterocycles. The number of nitrogens with zero attached hydrogens (tertiary/aromatic N) is 1. The highest BCUT2D eigenvalue weighted by Gasteiger charge is 2.17. The van der Waals surface area contributed by atoms with Crippen molar-refractivity contribution in [3.8, 4) is 0 Å². The molecule has 1 amide bonds. The molecule has 0 unspecified atom stereocenters. The predicted molar refractivity (Wildman–Crippen MR) is 93.0 cm³/mol. The van der Waals surface area contributed by atoms with Crippen LogP contribution in [0.1, 0.15) is 36.3 Å². The molecule has 0 fully saturated rings. The van der Waals surface area contributed by atoms with Gasteiger partial charge < -0.3 is 14.8 Å². The van der Waals surface area contributed by atoms with E-state index in [0.29, 0.717) is 21.8 Å². The van der Waals surface area contributed by atoms with Crippen molar-refractivity contribution in [3.05, 3.63) is 44.9 Å². The molecular weight excluding hydrogens is 344 g/mol. The summed E-state index contributed by atoms with van der Waals surface area (Å²) in [5.41, 5.74) is 2.11. The Kier molecular flexibility index (Phi) is 5.87. The van der Waals surface area contributed by atoms with E-state index in [1.165, 1.54) is 24.5 Å². The molecule has 0 aliphatic carbocycles. The SMILES string of the molecule is COC(=O)c1ccc(C)c(NC(=O)COC(=O)c2sc(C)nc2C)c1. The zero-order valence-electron chi connectivity index (χ0n) is 14.3. The average molecular weight is 362 g/mol. The monoisotopic (exact) mass is 362 g/mol. The second-order valence-corrected chi connectivity index (χ2v) is 6.50. The van der Waals surface area contributed by atoms with Gasteiger partial charge in [0.05, 0.1) is 23.4 Å². The number of amides is 1. The van der Waals surface area contributed by atoms with Crippen LogP contribution in [0.15, 0.2) is 18.2 Å². The minimum absolute atomic E-state index is 0.316. The molecule has 0 saturated carbocycles. The fraction of sp³-hybridized carbons (Fsp3) is 0.294. The summed E-state index contributed by atoms with van der Waals surface area (Å²) in [6.07, 6.45) is 0. The molecule has 0 aliphatic heterocycles. The van der Waals surface area contributed by atoms with Gasteiger partial charge in [-0.1, -0.05) is 6.07 Å². The van der Waals surface area contributed by atoms with Crippen LogP contribution < -0.4 is 5.32 Å². The molecule has 8 heteroatoms. The summed E-state index contributed by atoms with van der Waals surface area (Å²) in [5, 5.41) is 3.37. The van der Waals surface area contributed by atoms with E-state index < -0.39 is 24.5 Å². The number of hydrogen-bond donors (Lipinski definition) is 1. The number of esters is 2. The number of rotatable bonds is 5. The summed E-state index contributed by atoms with van der Waals surface area (Å²) in [7, 11) is 1.28. The number of methoxy groups -OCH3 is 1. The Morgan fingerprint density at radius 2 is 1.88 bits per heavy atom. The molecular formula is C17H18N2O5S. The first kappa shape index (κ1) is 18.6. The molecule has 1 N–H and O–H groups in total. The standard InChI is InChI=1S/C17H18N2O5S/c1-9-5-6-12(16(21)23-4)7-13(9)19-14(20)8-24-17(22)15-10(2)18-11(3)25-15/h5-7H,8H2,1-4H3,(H,19,20). The minimum Gasteiger partial charge on any atom is -0.465 e. The first-order valence-corrected chi connectivity index (χ1v) is 8.23. The number of carbonyl (C=O) groups is 3. The van der Waals surface area contributed by atoms with Crippen molar-refractivity contribution in [3.63, 3.8) is 0 Å². The molecule has 0 atom stereocenters. The molecule has 0 spiro atoms. The Morgan fingerprint density at radius 3 is 2.48 bits per heavy atom. The van der Waals surface area contributed by atoms with Crippen LogP contribution in [-0.4, -0.2) is 36.5 Å². The summed E-state index contributed by atoms with van der Waals surface area (Å²) in [5.74, 6) is -1.59. The van der Waals surface area contributed by atoms with E-state index in [-0.39, 0.29) is 0 Å². The first-order chi connectivity index (χ1) is 11.8. The van der Waals surface area contributed by atoms with E-state index in [2.05, 4.69) is 15.0 Å². The van der Waals surface area contributed by atoms with E-state index in [1.807, 2.05) is 0 Å². The van der Waals surface area contributed by atoms with Gasteiger partial charge in [-0.2, -0.15) is 0 Å². The maximum absolute atomic E-state index is 12.0. The Hall–Kier alpha value is -2.74. The van der Waals surface area contributed by atoms with Gasteiger partial charge in [0, 0.05) is 5.69 Å². The van der Waals surface area contributed by atoms with Crippen molar-refractivity contribution in [2.45, 2.75) is 20.8 Å². The van der Waals surface area contributed by atoms with Crippen molar-refractivity contribution in [1.29, 1.82) is 0 Å². The third kappa shape index (κ3) is 4.63. The van der Waals surface area contributed by atoms with E-state index in [1.54, 1.807) is 32.9 Å². The lowest BCUT2D eigenvalue weighted by atomic mass is 10.1. The van der Waals surface area contributed by atoms with Crippen molar-refractivity contribution < 1.29 is 23.9 Å². The molecule has 0 aliphatic rings. The van der Waals surface area contributed by atoms with Gasteiger partial charge in [-0.15, -0.1) is 11.3 Å². The van der Waals surface area contributed by atoms with Crippen molar-refractivity contribution in [2.24, 2.45) is 0 Å². The quantitative estimate of drug-likeness (QED) is 0.822. The van der Waals surface area contributed by atoms with E-state index >= 15 is 0 Å². The van der Waals surface area contributed by atoms with Gasteiger partial charge in [0.25, 0.3) is 5.91 Å². The number of carbonyl (C=O) groups excluding carboxylic acids is 3. The Morgan fingerprint density at radius 1 is 1.16 bits per heavy atom. The topological polar surface area (TPSA) is 94.6 Å². The lowest BCUT2D eigenvalue weighted by Crippen LogP contribution is -2.21. The molecule has 132 valence electrons. The third-order valence-electron chi connectivity index (χ3n) is 3.36. The van der Waals surface area contributed by atoms with E-state index in [9.17, 15) is 14.4 Å². The van der Waals surface area contributed by atoms with Crippen LogP contribution in [0.5, 0.6) is 0 Å². The lowest BCUT2D eigenvalue weighted by Gasteiger charge is -2.10. The highest BCUT2D eigenvalue weighted by Crippen LogP contribution is 2.19. The van der Waals surface area contributed by atoms with Crippen LogP contribution in [0.2, 0.25) is 0 Å². The smallest absolute Gasteiger partial charge is 0.350 e. The first-order valence-electron chi connectivity index (χ1n) is 7.41. The zero-order valence-corrected chi connectivity index (χ0v) is 15.2. The molecule has 2 rings (SSSR count). The lowest BCUT2D eigenvalue weighted by molar-refractivity contribution is -0.119. The number of aromatic nitrogens is 1. The van der Waals surface area contributed by atoms with Gasteiger partial charge in [0.15, 0.2) is 6.61 Å². The number of nitrogens with one attached hydrogen (secondary N) is 1. The van der Waals surface area contributed by atoms with Crippen molar-refractivity contribution in [1.82, 2.24) is 4.98 Å². The minimum atomic E-state index is -0.585. The fourth-order valence-corrected chi connectivity index (χ4v) is 2.92. The second kappa shape index (κ2) is 7.89. The zero-order chi connectivity index (χ0) is 18.6. The highest BCUT2D eigenvalue weighted by molar-refractivity contribution is 7.13. The summed E-state index contributed by atoms with van der Waals surface area (Å²) in [6.45, 7) is 4.85. The predicted octanol–water partition coefficient (Wildman–Crippen LogP) is 2.65. The summed E-state index contributed by atoms with van der Waals surface area (Å²) >= 11 is 1.22. The largest absolute Gasteiger partial charge is 0.465 e. The van der Waals surface area contributed by atoms with Gasteiger partial charge in [-0.3, -0.25) is 4.79 Å².